The van der Waals surface area contributed by atoms with Gasteiger partial charge in [-0.1, -0.05) is 15.9 Å². The number of primary amides is 1. The van der Waals surface area contributed by atoms with Crippen molar-refractivity contribution >= 4 is 43.8 Å². The Balaban J connectivity index is 2.54. The second kappa shape index (κ2) is 5.86. The molecule has 0 unspecified atom stereocenters. The predicted molar refractivity (Wildman–Crippen MR) is 65.1 cm³/mol. The molecule has 0 heterocycles. The molecule has 7 heteroatoms. The predicted octanol–water partition coefficient (Wildman–Crippen LogP) is 1.79. The van der Waals surface area contributed by atoms with Gasteiger partial charge in [0.25, 0.3) is 5.91 Å². The molecule has 0 atom stereocenters. The molecule has 86 valence electrons. The molecule has 1 rings (SSSR count). The van der Waals surface area contributed by atoms with Crippen LogP contribution < -0.4 is 15.8 Å². The van der Waals surface area contributed by atoms with E-state index in [1.807, 2.05) is 5.32 Å². The van der Waals surface area contributed by atoms with Crippen LogP contribution in [0.2, 0.25) is 0 Å². The summed E-state index contributed by atoms with van der Waals surface area (Å²) in [5, 5.41) is 1.89. The number of hydrogen-bond acceptors (Lipinski definition) is 3. The highest BCUT2D eigenvalue weighted by Crippen LogP contribution is 2.27. The zero-order chi connectivity index (χ0) is 12.1. The Morgan fingerprint density at radius 3 is 2.62 bits per heavy atom. The van der Waals surface area contributed by atoms with Crippen LogP contribution in [0, 0.1) is 0 Å². The van der Waals surface area contributed by atoms with Gasteiger partial charge in [0.1, 0.15) is 5.75 Å². The highest BCUT2D eigenvalue weighted by atomic mass is 79.9. The highest BCUT2D eigenvalue weighted by Gasteiger charge is 2.07. The summed E-state index contributed by atoms with van der Waals surface area (Å²) in [7, 11) is 0. The molecule has 0 spiro atoms. The minimum atomic E-state index is -0.900. The quantitative estimate of drug-likeness (QED) is 0.870. The Morgan fingerprint density at radius 1 is 1.38 bits per heavy atom. The van der Waals surface area contributed by atoms with E-state index in [-0.39, 0.29) is 6.61 Å². The number of imide groups is 1. The van der Waals surface area contributed by atoms with Crippen LogP contribution in [0.4, 0.5) is 4.79 Å². The number of nitrogens with one attached hydrogen (secondary N) is 1. The van der Waals surface area contributed by atoms with Gasteiger partial charge in [0.05, 0.1) is 4.47 Å². The van der Waals surface area contributed by atoms with Gasteiger partial charge < -0.3 is 10.5 Å². The van der Waals surface area contributed by atoms with Crippen molar-refractivity contribution in [2.24, 2.45) is 5.73 Å². The van der Waals surface area contributed by atoms with Crippen molar-refractivity contribution in [1.29, 1.82) is 0 Å². The minimum Gasteiger partial charge on any atom is -0.483 e. The summed E-state index contributed by atoms with van der Waals surface area (Å²) < 4.78 is 6.75. The summed E-state index contributed by atoms with van der Waals surface area (Å²) in [6.07, 6.45) is 0. The van der Waals surface area contributed by atoms with E-state index in [1.165, 1.54) is 0 Å². The van der Waals surface area contributed by atoms with Gasteiger partial charge in [-0.25, -0.2) is 4.79 Å². The molecule has 0 aromatic heterocycles. The van der Waals surface area contributed by atoms with Gasteiger partial charge in [0, 0.05) is 4.47 Å². The van der Waals surface area contributed by atoms with Crippen LogP contribution in [0.5, 0.6) is 5.75 Å². The first kappa shape index (κ1) is 13.0. The first-order valence-corrected chi connectivity index (χ1v) is 5.75. The molecule has 1 aromatic carbocycles. The summed E-state index contributed by atoms with van der Waals surface area (Å²) in [5.74, 6) is -0.0925. The fraction of sp³-hybridized carbons (Fsp3) is 0.111. The van der Waals surface area contributed by atoms with Gasteiger partial charge in [-0.3, -0.25) is 10.1 Å². The van der Waals surface area contributed by atoms with Gasteiger partial charge in [-0.05, 0) is 34.1 Å². The maximum Gasteiger partial charge on any atom is 0.318 e. The van der Waals surface area contributed by atoms with Gasteiger partial charge in [-0.15, -0.1) is 0 Å². The zero-order valence-corrected chi connectivity index (χ0v) is 11.2. The molecular weight excluding hydrogens is 344 g/mol. The maximum atomic E-state index is 11.0. The molecule has 0 aliphatic rings. The van der Waals surface area contributed by atoms with E-state index in [4.69, 9.17) is 10.5 Å². The SMILES string of the molecule is NC(=O)NC(=O)COc1ccc(Br)cc1Br. The molecule has 0 radical (unpaired) electrons. The third kappa shape index (κ3) is 4.19. The molecule has 5 nitrogen and oxygen atoms in total. The van der Waals surface area contributed by atoms with E-state index in [0.29, 0.717) is 10.2 Å². The van der Waals surface area contributed by atoms with E-state index in [2.05, 4.69) is 31.9 Å². The van der Waals surface area contributed by atoms with Crippen molar-refractivity contribution in [3.63, 3.8) is 0 Å². The number of rotatable bonds is 3. The normalized spacial score (nSPS) is 9.62. The summed E-state index contributed by atoms with van der Waals surface area (Å²) >= 11 is 6.55. The molecule has 3 N–H and O–H groups in total. The monoisotopic (exact) mass is 350 g/mol. The Labute approximate surface area is 109 Å². The smallest absolute Gasteiger partial charge is 0.318 e. The van der Waals surface area contributed by atoms with Crippen molar-refractivity contribution in [3.8, 4) is 5.75 Å². The lowest BCUT2D eigenvalue weighted by atomic mass is 10.3. The topological polar surface area (TPSA) is 81.4 Å². The van der Waals surface area contributed by atoms with Crippen molar-refractivity contribution in [3.05, 3.63) is 27.1 Å². The van der Waals surface area contributed by atoms with Crippen LogP contribution in [0.3, 0.4) is 0 Å². The zero-order valence-electron chi connectivity index (χ0n) is 8.00. The maximum absolute atomic E-state index is 11.0. The largest absolute Gasteiger partial charge is 0.483 e. The lowest BCUT2D eigenvalue weighted by molar-refractivity contribution is -0.121. The van der Waals surface area contributed by atoms with Gasteiger partial charge >= 0.3 is 6.03 Å². The van der Waals surface area contributed by atoms with Gasteiger partial charge in [0.15, 0.2) is 6.61 Å². The van der Waals surface area contributed by atoms with Crippen LogP contribution in [0.1, 0.15) is 0 Å². The molecule has 0 aliphatic heterocycles. The number of urea groups is 1. The standard InChI is InChI=1S/C9H8Br2N2O3/c10-5-1-2-7(6(11)3-5)16-4-8(14)13-9(12)15/h1-3H,4H2,(H3,12,13,14,15). The van der Waals surface area contributed by atoms with Crippen LogP contribution in [-0.4, -0.2) is 18.5 Å². The lowest BCUT2D eigenvalue weighted by Crippen LogP contribution is -2.38. The van der Waals surface area contributed by atoms with Crippen LogP contribution >= 0.6 is 31.9 Å². The van der Waals surface area contributed by atoms with E-state index < -0.39 is 11.9 Å². The lowest BCUT2D eigenvalue weighted by Gasteiger charge is -2.07. The molecule has 0 saturated carbocycles. The van der Waals surface area contributed by atoms with Crippen LogP contribution in [-0.2, 0) is 4.79 Å². The summed E-state index contributed by atoms with van der Waals surface area (Å²) in [6, 6.07) is 4.34. The van der Waals surface area contributed by atoms with Crippen molar-refractivity contribution in [2.75, 3.05) is 6.61 Å². The molecule has 1 aromatic rings. The van der Waals surface area contributed by atoms with E-state index in [1.54, 1.807) is 18.2 Å². The number of ether oxygens (including phenoxy) is 1. The van der Waals surface area contributed by atoms with E-state index in [9.17, 15) is 9.59 Å². The van der Waals surface area contributed by atoms with Crippen molar-refractivity contribution < 1.29 is 14.3 Å². The average Bonchev–Trinajstić information content (AvgIpc) is 2.15. The van der Waals surface area contributed by atoms with Crippen LogP contribution in [0.25, 0.3) is 0 Å². The first-order valence-electron chi connectivity index (χ1n) is 4.16. The summed E-state index contributed by atoms with van der Waals surface area (Å²) in [5.41, 5.74) is 4.77. The molecule has 0 saturated heterocycles. The number of halogens is 2. The molecule has 0 fully saturated rings. The summed E-state index contributed by atoms with van der Waals surface area (Å²) in [4.78, 5) is 21.4. The number of carbonyl (C=O) groups is 2. The van der Waals surface area contributed by atoms with Gasteiger partial charge in [-0.2, -0.15) is 0 Å². The number of amides is 3. The minimum absolute atomic E-state index is 0.275. The van der Waals surface area contributed by atoms with Crippen molar-refractivity contribution in [2.45, 2.75) is 0 Å². The second-order valence-corrected chi connectivity index (χ2v) is 4.55. The molecule has 16 heavy (non-hydrogen) atoms. The third-order valence-corrected chi connectivity index (χ3v) is 2.63. The molecular formula is C9H8Br2N2O3. The Bertz CT molecular complexity index is 423. The van der Waals surface area contributed by atoms with Crippen LogP contribution in [0.15, 0.2) is 27.1 Å². The third-order valence-electron chi connectivity index (χ3n) is 1.52. The summed E-state index contributed by atoms with van der Waals surface area (Å²) in [6.45, 7) is -0.275. The first-order chi connectivity index (χ1) is 7.49. The van der Waals surface area contributed by atoms with E-state index in [0.717, 1.165) is 4.47 Å². The van der Waals surface area contributed by atoms with Crippen molar-refractivity contribution in [1.82, 2.24) is 5.32 Å². The molecule has 0 bridgehead atoms. The number of carbonyl (C=O) groups excluding carboxylic acids is 2. The molecule has 0 aliphatic carbocycles. The van der Waals surface area contributed by atoms with Gasteiger partial charge in [0.2, 0.25) is 0 Å². The number of benzene rings is 1. The molecule has 3 amide bonds. The Kier molecular flexibility index (Phi) is 4.75. The number of nitrogens with two attached hydrogens (primary N) is 1. The number of hydrogen-bond donors (Lipinski definition) is 2. The van der Waals surface area contributed by atoms with E-state index >= 15 is 0 Å². The average molecular weight is 352 g/mol. The second-order valence-electron chi connectivity index (χ2n) is 2.78. The fourth-order valence-corrected chi connectivity index (χ4v) is 2.07. The highest BCUT2D eigenvalue weighted by molar-refractivity contribution is 9.11. The fourth-order valence-electron chi connectivity index (χ4n) is 0.909. The Morgan fingerprint density at radius 2 is 2.06 bits per heavy atom. The Hall–Kier alpha value is -1.08.